The average Bonchev–Trinajstić information content (AvgIpc) is 3.17. The molecule has 2 aliphatic rings. The van der Waals surface area contributed by atoms with Crippen molar-refractivity contribution in [2.75, 3.05) is 45.9 Å². The number of hydrogen-bond acceptors (Lipinski definition) is 5. The Kier molecular flexibility index (Phi) is 5.47. The largest absolute Gasteiger partial charge is 0.379 e. The van der Waals surface area contributed by atoms with Crippen LogP contribution in [0.4, 0.5) is 0 Å². The first-order valence-electron chi connectivity index (χ1n) is 8.48. The average molecular weight is 335 g/mol. The van der Waals surface area contributed by atoms with Crippen molar-refractivity contribution in [1.82, 2.24) is 25.3 Å². The van der Waals surface area contributed by atoms with E-state index in [1.807, 2.05) is 11.8 Å². The number of ether oxygens (including phenoxy) is 1. The van der Waals surface area contributed by atoms with E-state index in [2.05, 4.69) is 20.4 Å². The summed E-state index contributed by atoms with van der Waals surface area (Å²) in [7, 11) is 0. The van der Waals surface area contributed by atoms with Crippen LogP contribution in [0.5, 0.6) is 0 Å². The van der Waals surface area contributed by atoms with E-state index in [9.17, 15) is 9.59 Å². The molecule has 2 saturated heterocycles. The first-order valence-corrected chi connectivity index (χ1v) is 8.48. The lowest BCUT2D eigenvalue weighted by Gasteiger charge is -2.28. The fourth-order valence-corrected chi connectivity index (χ4v) is 3.13. The fraction of sp³-hybridized carbons (Fsp3) is 0.688. The molecule has 2 amide bonds. The quantitative estimate of drug-likeness (QED) is 0.732. The zero-order chi connectivity index (χ0) is 16.9. The second-order valence-corrected chi connectivity index (χ2v) is 6.43. The van der Waals surface area contributed by atoms with Crippen LogP contribution in [0.25, 0.3) is 0 Å². The molecule has 8 heteroatoms. The molecular formula is C16H25N5O3. The number of nitrogens with zero attached hydrogens (tertiary/aromatic N) is 3. The Morgan fingerprint density at radius 2 is 2.21 bits per heavy atom. The van der Waals surface area contributed by atoms with Gasteiger partial charge < -0.3 is 15.0 Å². The van der Waals surface area contributed by atoms with Gasteiger partial charge in [0.1, 0.15) is 0 Å². The summed E-state index contributed by atoms with van der Waals surface area (Å²) in [5.41, 5.74) is 1.92. The van der Waals surface area contributed by atoms with Crippen molar-refractivity contribution < 1.29 is 14.3 Å². The molecule has 2 fully saturated rings. The molecule has 0 aromatic carbocycles. The number of rotatable bonds is 6. The molecule has 0 bridgehead atoms. The molecule has 0 aliphatic carbocycles. The van der Waals surface area contributed by atoms with Gasteiger partial charge in [-0.1, -0.05) is 0 Å². The minimum atomic E-state index is -0.255. The molecule has 1 aromatic rings. The van der Waals surface area contributed by atoms with Crippen molar-refractivity contribution in [1.29, 1.82) is 0 Å². The number of hydrogen-bond donors (Lipinski definition) is 2. The van der Waals surface area contributed by atoms with Crippen LogP contribution in [0.15, 0.2) is 6.20 Å². The lowest BCUT2D eigenvalue weighted by molar-refractivity contribution is -0.129. The number of aromatic nitrogens is 2. The van der Waals surface area contributed by atoms with E-state index in [-0.39, 0.29) is 17.7 Å². The number of H-pyrrole nitrogens is 1. The molecular weight excluding hydrogens is 310 g/mol. The number of likely N-dealkylation sites (tertiary alicyclic amines) is 1. The summed E-state index contributed by atoms with van der Waals surface area (Å²) in [6.45, 7) is 7.74. The zero-order valence-electron chi connectivity index (χ0n) is 14.1. The highest BCUT2D eigenvalue weighted by molar-refractivity contribution is 5.89. The van der Waals surface area contributed by atoms with Gasteiger partial charge in [-0.2, -0.15) is 5.10 Å². The van der Waals surface area contributed by atoms with Gasteiger partial charge in [-0.05, 0) is 6.92 Å². The monoisotopic (exact) mass is 335 g/mol. The third kappa shape index (κ3) is 4.12. The van der Waals surface area contributed by atoms with Crippen molar-refractivity contribution in [3.8, 4) is 0 Å². The Morgan fingerprint density at radius 1 is 1.42 bits per heavy atom. The number of morpholine rings is 1. The maximum absolute atomic E-state index is 12.3. The number of aromatic amines is 1. The van der Waals surface area contributed by atoms with Crippen molar-refractivity contribution >= 4 is 11.8 Å². The van der Waals surface area contributed by atoms with Crippen molar-refractivity contribution in [3.05, 3.63) is 17.5 Å². The minimum Gasteiger partial charge on any atom is -0.379 e. The Hall–Kier alpha value is -1.93. The number of amides is 2. The minimum absolute atomic E-state index is 0.0576. The van der Waals surface area contributed by atoms with E-state index < -0.39 is 0 Å². The van der Waals surface area contributed by atoms with E-state index in [4.69, 9.17) is 4.74 Å². The van der Waals surface area contributed by atoms with Crippen molar-refractivity contribution in [2.45, 2.75) is 19.9 Å². The number of aryl methyl sites for hydroxylation is 1. The normalized spacial score (nSPS) is 22.1. The number of carbonyl (C=O) groups excluding carboxylic acids is 2. The van der Waals surface area contributed by atoms with Gasteiger partial charge in [0, 0.05) is 56.9 Å². The van der Waals surface area contributed by atoms with Gasteiger partial charge in [0.05, 0.1) is 25.3 Å². The Bertz CT molecular complexity index is 582. The van der Waals surface area contributed by atoms with E-state index in [1.165, 1.54) is 0 Å². The molecule has 3 heterocycles. The summed E-state index contributed by atoms with van der Waals surface area (Å²) in [6.07, 6.45) is 2.02. The summed E-state index contributed by atoms with van der Waals surface area (Å²) in [5, 5.41) is 9.69. The SMILES string of the molecule is Cc1[nH]ncc1CNC(=O)C1CC(=O)N(CCN2CCOCC2)C1. The molecule has 24 heavy (non-hydrogen) atoms. The van der Waals surface area contributed by atoms with E-state index in [0.717, 1.165) is 44.1 Å². The second-order valence-electron chi connectivity index (χ2n) is 6.43. The van der Waals surface area contributed by atoms with Crippen LogP contribution in [0.1, 0.15) is 17.7 Å². The molecule has 8 nitrogen and oxygen atoms in total. The summed E-state index contributed by atoms with van der Waals surface area (Å²) >= 11 is 0. The number of nitrogens with one attached hydrogen (secondary N) is 2. The highest BCUT2D eigenvalue weighted by atomic mass is 16.5. The molecule has 3 rings (SSSR count). The summed E-state index contributed by atoms with van der Waals surface area (Å²) in [5.74, 6) is -0.241. The lowest BCUT2D eigenvalue weighted by Crippen LogP contribution is -2.42. The molecule has 1 aromatic heterocycles. The Morgan fingerprint density at radius 3 is 2.92 bits per heavy atom. The molecule has 2 aliphatic heterocycles. The van der Waals surface area contributed by atoms with Crippen LogP contribution in [0.2, 0.25) is 0 Å². The first-order chi connectivity index (χ1) is 11.6. The lowest BCUT2D eigenvalue weighted by atomic mass is 10.1. The molecule has 0 saturated carbocycles. The van der Waals surface area contributed by atoms with Crippen LogP contribution >= 0.6 is 0 Å². The van der Waals surface area contributed by atoms with Gasteiger partial charge in [0.15, 0.2) is 0 Å². The predicted molar refractivity (Wildman–Crippen MR) is 87.1 cm³/mol. The van der Waals surface area contributed by atoms with Gasteiger partial charge in [0.25, 0.3) is 0 Å². The van der Waals surface area contributed by atoms with Gasteiger partial charge in [-0.25, -0.2) is 0 Å². The molecule has 0 radical (unpaired) electrons. The third-order valence-electron chi connectivity index (χ3n) is 4.76. The zero-order valence-corrected chi connectivity index (χ0v) is 14.1. The molecule has 1 atom stereocenters. The van der Waals surface area contributed by atoms with Gasteiger partial charge in [-0.3, -0.25) is 19.6 Å². The highest BCUT2D eigenvalue weighted by Crippen LogP contribution is 2.18. The topological polar surface area (TPSA) is 90.6 Å². The van der Waals surface area contributed by atoms with Crippen molar-refractivity contribution in [2.24, 2.45) is 5.92 Å². The van der Waals surface area contributed by atoms with Gasteiger partial charge in [-0.15, -0.1) is 0 Å². The Labute approximate surface area is 141 Å². The smallest absolute Gasteiger partial charge is 0.225 e. The number of carbonyl (C=O) groups is 2. The van der Waals surface area contributed by atoms with Crippen LogP contribution in [-0.4, -0.2) is 77.7 Å². The van der Waals surface area contributed by atoms with E-state index in [1.54, 1.807) is 6.20 Å². The highest BCUT2D eigenvalue weighted by Gasteiger charge is 2.34. The standard InChI is InChI=1S/C16H25N5O3/c1-12-14(10-18-19-12)9-17-16(23)13-8-15(22)21(11-13)3-2-20-4-6-24-7-5-20/h10,13H,2-9,11H2,1H3,(H,17,23)(H,18,19). The first kappa shape index (κ1) is 16.9. The molecule has 0 spiro atoms. The summed E-state index contributed by atoms with van der Waals surface area (Å²) < 4.78 is 5.33. The van der Waals surface area contributed by atoms with Crippen molar-refractivity contribution in [3.63, 3.8) is 0 Å². The van der Waals surface area contributed by atoms with Crippen LogP contribution in [0, 0.1) is 12.8 Å². The maximum Gasteiger partial charge on any atom is 0.225 e. The maximum atomic E-state index is 12.3. The fourth-order valence-electron chi connectivity index (χ4n) is 3.13. The van der Waals surface area contributed by atoms with Gasteiger partial charge in [0.2, 0.25) is 11.8 Å². The summed E-state index contributed by atoms with van der Waals surface area (Å²) in [4.78, 5) is 28.5. The van der Waals surface area contributed by atoms with Gasteiger partial charge >= 0.3 is 0 Å². The van der Waals surface area contributed by atoms with Crippen LogP contribution in [0.3, 0.4) is 0 Å². The second kappa shape index (κ2) is 7.76. The molecule has 132 valence electrons. The van der Waals surface area contributed by atoms with E-state index in [0.29, 0.717) is 26.1 Å². The summed E-state index contributed by atoms with van der Waals surface area (Å²) in [6, 6.07) is 0. The third-order valence-corrected chi connectivity index (χ3v) is 4.76. The molecule has 1 unspecified atom stereocenters. The Balaban J connectivity index is 1.43. The van der Waals surface area contributed by atoms with Crippen LogP contribution < -0.4 is 5.32 Å². The molecule has 2 N–H and O–H groups in total. The van der Waals surface area contributed by atoms with E-state index >= 15 is 0 Å². The van der Waals surface area contributed by atoms with Crippen LogP contribution in [-0.2, 0) is 20.9 Å². The predicted octanol–water partition coefficient (Wildman–Crippen LogP) is -0.485.